The van der Waals surface area contributed by atoms with Gasteiger partial charge in [0.2, 0.25) is 0 Å². The van der Waals surface area contributed by atoms with Crippen LogP contribution in [0.25, 0.3) is 11.0 Å². The summed E-state index contributed by atoms with van der Waals surface area (Å²) in [6.45, 7) is 4.82. The Bertz CT molecular complexity index is 1700. The molecule has 2 aliphatic heterocycles. The summed E-state index contributed by atoms with van der Waals surface area (Å²) < 4.78 is 34.6. The SMILES string of the molecule is CCOc1cc(C(=O)O)cc2c1nc(CN1CCC(c3cccc4c3OC[C@@H](c3ccc(C#N)cc3F)O4)CC1)n2C. The number of piperidine rings is 1. The highest BCUT2D eigenvalue weighted by Gasteiger charge is 2.31. The van der Waals surface area contributed by atoms with E-state index in [4.69, 9.17) is 24.5 Å². The molecular formula is C32H31FN4O5. The number of carbonyl (C=O) groups is 1. The van der Waals surface area contributed by atoms with Gasteiger partial charge in [-0.05, 0) is 69.1 Å². The van der Waals surface area contributed by atoms with Crippen LogP contribution in [0.3, 0.4) is 0 Å². The number of carboxylic acid groups (broad SMARTS) is 1. The quantitative estimate of drug-likeness (QED) is 0.307. The smallest absolute Gasteiger partial charge is 0.335 e. The maximum Gasteiger partial charge on any atom is 0.335 e. The molecule has 42 heavy (non-hydrogen) atoms. The van der Waals surface area contributed by atoms with Crippen molar-refractivity contribution < 1.29 is 28.5 Å². The van der Waals surface area contributed by atoms with E-state index < -0.39 is 17.9 Å². The summed E-state index contributed by atoms with van der Waals surface area (Å²) in [4.78, 5) is 18.8. The molecule has 3 aromatic carbocycles. The zero-order chi connectivity index (χ0) is 29.4. The summed E-state index contributed by atoms with van der Waals surface area (Å²) in [5.41, 5.74) is 3.30. The number of aromatic carboxylic acids is 1. The van der Waals surface area contributed by atoms with Gasteiger partial charge in [0.05, 0.1) is 35.9 Å². The van der Waals surface area contributed by atoms with E-state index >= 15 is 0 Å². The van der Waals surface area contributed by atoms with Crippen LogP contribution in [0.1, 0.15) is 64.7 Å². The van der Waals surface area contributed by atoms with Gasteiger partial charge in [-0.1, -0.05) is 18.2 Å². The Labute approximate surface area is 242 Å². The van der Waals surface area contributed by atoms with E-state index in [-0.39, 0.29) is 23.7 Å². The number of fused-ring (bicyclic) bond motifs is 2. The van der Waals surface area contributed by atoms with Crippen molar-refractivity contribution in [2.24, 2.45) is 7.05 Å². The summed E-state index contributed by atoms with van der Waals surface area (Å²) in [6.07, 6.45) is 1.25. The largest absolute Gasteiger partial charge is 0.492 e. The lowest BCUT2D eigenvalue weighted by Gasteiger charge is -2.34. The Kier molecular flexibility index (Phi) is 7.43. The molecule has 0 aliphatic carbocycles. The third-order valence-electron chi connectivity index (χ3n) is 8.12. The number of benzene rings is 3. The van der Waals surface area contributed by atoms with Crippen LogP contribution in [0.5, 0.6) is 17.2 Å². The molecule has 0 unspecified atom stereocenters. The number of halogens is 1. The fraction of sp³-hybridized carbons (Fsp3) is 0.344. The molecule has 6 rings (SSSR count). The van der Waals surface area contributed by atoms with E-state index in [9.17, 15) is 14.3 Å². The number of para-hydroxylation sites is 1. The maximum absolute atomic E-state index is 14.6. The number of ether oxygens (including phenoxy) is 3. The second-order valence-corrected chi connectivity index (χ2v) is 10.7. The van der Waals surface area contributed by atoms with Crippen molar-refractivity contribution in [1.29, 1.82) is 5.26 Å². The van der Waals surface area contributed by atoms with Crippen molar-refractivity contribution in [3.63, 3.8) is 0 Å². The highest BCUT2D eigenvalue weighted by atomic mass is 19.1. The van der Waals surface area contributed by atoms with E-state index in [0.29, 0.717) is 41.5 Å². The van der Waals surface area contributed by atoms with Gasteiger partial charge in [0.15, 0.2) is 17.6 Å². The lowest BCUT2D eigenvalue weighted by atomic mass is 9.88. The van der Waals surface area contributed by atoms with Crippen molar-refractivity contribution in [2.45, 2.75) is 38.3 Å². The van der Waals surface area contributed by atoms with Crippen molar-refractivity contribution in [3.05, 3.63) is 82.4 Å². The second-order valence-electron chi connectivity index (χ2n) is 10.7. The first-order valence-electron chi connectivity index (χ1n) is 14.1. The number of aryl methyl sites for hydroxylation is 1. The van der Waals surface area contributed by atoms with Crippen molar-refractivity contribution in [3.8, 4) is 23.3 Å². The van der Waals surface area contributed by atoms with Crippen LogP contribution in [0.15, 0.2) is 48.5 Å². The number of hydrogen-bond acceptors (Lipinski definition) is 7. The molecule has 1 fully saturated rings. The average Bonchev–Trinajstić information content (AvgIpc) is 3.31. The minimum atomic E-state index is -1.00. The second kappa shape index (κ2) is 11.3. The van der Waals surface area contributed by atoms with Crippen LogP contribution in [-0.2, 0) is 13.6 Å². The van der Waals surface area contributed by atoms with E-state index in [2.05, 4.69) is 11.0 Å². The molecule has 0 spiro atoms. The number of nitriles is 1. The summed E-state index contributed by atoms with van der Waals surface area (Å²) >= 11 is 0. The minimum absolute atomic E-state index is 0.173. The molecule has 9 nitrogen and oxygen atoms in total. The summed E-state index contributed by atoms with van der Waals surface area (Å²) in [5.74, 6) is 1.44. The molecule has 10 heteroatoms. The van der Waals surface area contributed by atoms with E-state index in [0.717, 1.165) is 42.8 Å². The van der Waals surface area contributed by atoms with Gasteiger partial charge in [-0.15, -0.1) is 0 Å². The highest BCUT2D eigenvalue weighted by molar-refractivity contribution is 5.95. The standard InChI is InChI=1S/C32H31FN4O5/c1-3-40-27-15-21(32(38)39)14-25-30(27)35-29(36(25)2)17-37-11-9-20(10-12-37)22-5-4-6-26-31(22)41-18-28(42-26)23-8-7-19(16-34)13-24(23)33/h4-8,13-15,20,28H,3,9-12,17-18H2,1-2H3,(H,38,39)/t28-/m0/s1. The lowest BCUT2D eigenvalue weighted by molar-refractivity contribution is 0.0696. The molecule has 1 aromatic heterocycles. The molecular weight excluding hydrogens is 539 g/mol. The lowest BCUT2D eigenvalue weighted by Crippen LogP contribution is -2.33. The molecule has 1 atom stereocenters. The summed E-state index contributed by atoms with van der Waals surface area (Å²) in [7, 11) is 1.91. The first-order valence-corrected chi connectivity index (χ1v) is 14.1. The summed E-state index contributed by atoms with van der Waals surface area (Å²) in [6, 6.07) is 15.4. The number of nitrogens with zero attached hydrogens (tertiary/aromatic N) is 4. The molecule has 4 aromatic rings. The molecule has 216 valence electrons. The molecule has 0 amide bonds. The Hall–Kier alpha value is -4.62. The minimum Gasteiger partial charge on any atom is -0.492 e. The van der Waals surface area contributed by atoms with Crippen LogP contribution < -0.4 is 14.2 Å². The van der Waals surface area contributed by atoms with Gasteiger partial charge in [-0.3, -0.25) is 4.90 Å². The van der Waals surface area contributed by atoms with Crippen LogP contribution in [0.4, 0.5) is 4.39 Å². The molecule has 1 N–H and O–H groups in total. The monoisotopic (exact) mass is 570 g/mol. The van der Waals surface area contributed by atoms with Crippen LogP contribution in [0, 0.1) is 17.1 Å². The zero-order valence-corrected chi connectivity index (χ0v) is 23.5. The van der Waals surface area contributed by atoms with Gasteiger partial charge in [0.1, 0.15) is 29.5 Å². The molecule has 0 radical (unpaired) electrons. The molecule has 0 bridgehead atoms. The van der Waals surface area contributed by atoms with Gasteiger partial charge >= 0.3 is 5.97 Å². The number of carboxylic acids is 1. The predicted molar refractivity (Wildman–Crippen MR) is 153 cm³/mol. The van der Waals surface area contributed by atoms with Crippen LogP contribution in [-0.4, -0.2) is 51.8 Å². The van der Waals surface area contributed by atoms with Crippen molar-refractivity contribution in [1.82, 2.24) is 14.5 Å². The number of imidazole rings is 1. The Balaban J connectivity index is 1.15. The van der Waals surface area contributed by atoms with Gasteiger partial charge in [-0.2, -0.15) is 5.26 Å². The fourth-order valence-corrected chi connectivity index (χ4v) is 5.90. The van der Waals surface area contributed by atoms with Crippen molar-refractivity contribution >= 4 is 17.0 Å². The van der Waals surface area contributed by atoms with Crippen LogP contribution in [0.2, 0.25) is 0 Å². The third kappa shape index (κ3) is 5.12. The Morgan fingerprint density at radius 3 is 2.71 bits per heavy atom. The first kappa shape index (κ1) is 27.5. The molecule has 1 saturated heterocycles. The van der Waals surface area contributed by atoms with E-state index in [1.54, 1.807) is 18.2 Å². The Morgan fingerprint density at radius 2 is 2.00 bits per heavy atom. The van der Waals surface area contributed by atoms with Crippen LogP contribution >= 0.6 is 0 Å². The fourth-order valence-electron chi connectivity index (χ4n) is 5.90. The molecule has 0 saturated carbocycles. The maximum atomic E-state index is 14.6. The average molecular weight is 571 g/mol. The zero-order valence-electron chi connectivity index (χ0n) is 23.5. The van der Waals surface area contributed by atoms with E-state index in [1.165, 1.54) is 12.1 Å². The van der Waals surface area contributed by atoms with E-state index in [1.807, 2.05) is 36.7 Å². The van der Waals surface area contributed by atoms with Gasteiger partial charge < -0.3 is 23.9 Å². The van der Waals surface area contributed by atoms with Gasteiger partial charge in [0, 0.05) is 18.2 Å². The summed E-state index contributed by atoms with van der Waals surface area (Å²) in [5, 5.41) is 18.6. The molecule has 3 heterocycles. The Morgan fingerprint density at radius 1 is 1.19 bits per heavy atom. The number of rotatable bonds is 7. The number of hydrogen-bond donors (Lipinski definition) is 1. The highest BCUT2D eigenvalue weighted by Crippen LogP contribution is 2.44. The van der Waals surface area contributed by atoms with Crippen molar-refractivity contribution in [2.75, 3.05) is 26.3 Å². The number of likely N-dealkylation sites (tertiary alicyclic amines) is 1. The van der Waals surface area contributed by atoms with Gasteiger partial charge in [0.25, 0.3) is 0 Å². The first-order chi connectivity index (χ1) is 20.4. The predicted octanol–water partition coefficient (Wildman–Crippen LogP) is 5.57. The van der Waals surface area contributed by atoms with Gasteiger partial charge in [-0.25, -0.2) is 14.2 Å². The molecule has 2 aliphatic rings. The normalized spacial score (nSPS) is 17.2. The number of aromatic nitrogens is 2. The third-order valence-corrected chi connectivity index (χ3v) is 8.12. The topological polar surface area (TPSA) is 110 Å².